The van der Waals surface area contributed by atoms with E-state index in [0.29, 0.717) is 17.5 Å². The van der Waals surface area contributed by atoms with E-state index in [9.17, 15) is 0 Å². The third-order valence-electron chi connectivity index (χ3n) is 11.0. The molecule has 0 atom stereocenters. The molecule has 0 unspecified atom stereocenters. The summed E-state index contributed by atoms with van der Waals surface area (Å²) in [4.78, 5) is 15.7. The molecule has 53 heavy (non-hydrogen) atoms. The number of benzene rings is 8. The van der Waals surface area contributed by atoms with Gasteiger partial charge in [-0.2, -0.15) is 0 Å². The Balaban J connectivity index is 1.21. The minimum atomic E-state index is -0.0746. The van der Waals surface area contributed by atoms with Crippen molar-refractivity contribution in [2.45, 2.75) is 19.3 Å². The molecule has 1 heterocycles. The minimum absolute atomic E-state index is 0.0746. The van der Waals surface area contributed by atoms with Crippen LogP contribution >= 0.6 is 0 Å². The van der Waals surface area contributed by atoms with Gasteiger partial charge in [0, 0.05) is 27.5 Å². The predicted octanol–water partition coefficient (Wildman–Crippen LogP) is 12.8. The summed E-state index contributed by atoms with van der Waals surface area (Å²) in [5, 5.41) is 4.54. The van der Waals surface area contributed by atoms with Gasteiger partial charge in [0.2, 0.25) is 0 Å². The summed E-state index contributed by atoms with van der Waals surface area (Å²) in [7, 11) is 0. The fraction of sp³-hybridized carbons (Fsp3) is 0.0600. The van der Waals surface area contributed by atoms with Crippen LogP contribution < -0.4 is 0 Å². The Labute approximate surface area is 309 Å². The monoisotopic (exact) mass is 677 g/mol. The van der Waals surface area contributed by atoms with Crippen molar-refractivity contribution in [2.75, 3.05) is 0 Å². The number of nitrogens with zero attached hydrogens (tertiary/aromatic N) is 3. The van der Waals surface area contributed by atoms with E-state index in [1.807, 2.05) is 18.2 Å². The van der Waals surface area contributed by atoms with Crippen LogP contribution in [0.15, 0.2) is 176 Å². The molecule has 0 fully saturated rings. The molecule has 1 aliphatic carbocycles. The fourth-order valence-corrected chi connectivity index (χ4v) is 8.43. The summed E-state index contributed by atoms with van der Waals surface area (Å²) in [5.74, 6) is 1.94. The zero-order chi connectivity index (χ0) is 35.5. The second-order valence-corrected chi connectivity index (χ2v) is 14.4. The van der Waals surface area contributed by atoms with Crippen molar-refractivity contribution >= 4 is 21.5 Å². The lowest BCUT2D eigenvalue weighted by Crippen LogP contribution is -2.14. The van der Waals surface area contributed by atoms with E-state index in [1.165, 1.54) is 38.8 Å². The smallest absolute Gasteiger partial charge is 0.164 e. The molecule has 3 nitrogen and oxygen atoms in total. The molecule has 0 N–H and O–H groups in total. The number of hydrogen-bond donors (Lipinski definition) is 0. The van der Waals surface area contributed by atoms with Gasteiger partial charge in [-0.05, 0) is 66.7 Å². The van der Waals surface area contributed by atoms with Gasteiger partial charge in [0.25, 0.3) is 0 Å². The number of aromatic nitrogens is 3. The van der Waals surface area contributed by atoms with Crippen molar-refractivity contribution in [1.29, 1.82) is 0 Å². The van der Waals surface area contributed by atoms with Gasteiger partial charge < -0.3 is 0 Å². The molecule has 0 bridgehead atoms. The van der Waals surface area contributed by atoms with E-state index in [0.717, 1.165) is 44.0 Å². The quantitative estimate of drug-likeness (QED) is 0.182. The fourth-order valence-electron chi connectivity index (χ4n) is 8.43. The molecule has 9 aromatic rings. The lowest BCUT2D eigenvalue weighted by Gasteiger charge is -2.21. The molecule has 10 rings (SSSR count). The van der Waals surface area contributed by atoms with Crippen molar-refractivity contribution < 1.29 is 0 Å². The Kier molecular flexibility index (Phi) is 7.16. The summed E-state index contributed by atoms with van der Waals surface area (Å²) in [6.07, 6.45) is 0. The van der Waals surface area contributed by atoms with Crippen LogP contribution in [0.5, 0.6) is 0 Å². The maximum atomic E-state index is 5.32. The van der Waals surface area contributed by atoms with E-state index in [1.54, 1.807) is 0 Å². The molecule has 8 aromatic carbocycles. The highest BCUT2D eigenvalue weighted by Gasteiger charge is 2.36. The zero-order valence-corrected chi connectivity index (χ0v) is 29.6. The Bertz CT molecular complexity index is 2850. The summed E-state index contributed by atoms with van der Waals surface area (Å²) in [6.45, 7) is 4.67. The average Bonchev–Trinajstić information content (AvgIpc) is 3.46. The van der Waals surface area contributed by atoms with Gasteiger partial charge in [0.1, 0.15) is 0 Å². The second kappa shape index (κ2) is 12.2. The van der Waals surface area contributed by atoms with E-state index in [2.05, 4.69) is 172 Å². The van der Waals surface area contributed by atoms with Gasteiger partial charge in [-0.15, -0.1) is 0 Å². The highest BCUT2D eigenvalue weighted by atomic mass is 15.0. The van der Waals surface area contributed by atoms with Gasteiger partial charge in [-0.1, -0.05) is 184 Å². The van der Waals surface area contributed by atoms with Crippen molar-refractivity contribution in [3.05, 3.63) is 187 Å². The molecular weight excluding hydrogens is 643 g/mol. The Hall–Kier alpha value is -6.71. The van der Waals surface area contributed by atoms with Crippen LogP contribution in [0.1, 0.15) is 25.0 Å². The first-order valence-electron chi connectivity index (χ1n) is 18.2. The molecule has 0 spiro atoms. The van der Waals surface area contributed by atoms with Crippen molar-refractivity contribution in [3.8, 4) is 67.5 Å². The largest absolute Gasteiger partial charge is 0.208 e. The number of hydrogen-bond acceptors (Lipinski definition) is 3. The lowest BCUT2D eigenvalue weighted by atomic mass is 9.81. The molecule has 0 radical (unpaired) electrons. The van der Waals surface area contributed by atoms with Crippen LogP contribution in [-0.4, -0.2) is 15.0 Å². The van der Waals surface area contributed by atoms with Crippen LogP contribution in [0, 0.1) is 0 Å². The first kappa shape index (κ1) is 31.1. The molecule has 0 saturated heterocycles. The molecule has 1 aliphatic rings. The van der Waals surface area contributed by atoms with Gasteiger partial charge in [-0.3, -0.25) is 0 Å². The van der Waals surface area contributed by atoms with Gasteiger partial charge >= 0.3 is 0 Å². The maximum absolute atomic E-state index is 5.32. The third-order valence-corrected chi connectivity index (χ3v) is 11.0. The van der Waals surface area contributed by atoms with Crippen LogP contribution in [-0.2, 0) is 5.41 Å². The van der Waals surface area contributed by atoms with Crippen LogP contribution in [0.3, 0.4) is 0 Å². The predicted molar refractivity (Wildman–Crippen MR) is 220 cm³/mol. The Morgan fingerprint density at radius 2 is 0.849 bits per heavy atom. The van der Waals surface area contributed by atoms with Crippen LogP contribution in [0.25, 0.3) is 89.1 Å². The van der Waals surface area contributed by atoms with E-state index in [4.69, 9.17) is 15.0 Å². The lowest BCUT2D eigenvalue weighted by molar-refractivity contribution is 0.660. The molecule has 0 saturated carbocycles. The summed E-state index contributed by atoms with van der Waals surface area (Å²) >= 11 is 0. The SMILES string of the molecule is CC1(C)c2ccccc2-c2c(-c3ccc(-c4nc(-c5ccccc5)nc(-c5cccc6cccc(-c7ccccc7)c56)n4)c4ccccc34)cccc21. The summed E-state index contributed by atoms with van der Waals surface area (Å²) in [6, 6.07) is 62.4. The van der Waals surface area contributed by atoms with Gasteiger partial charge in [0.05, 0.1) is 0 Å². The van der Waals surface area contributed by atoms with Gasteiger partial charge in [-0.25, -0.2) is 15.0 Å². The van der Waals surface area contributed by atoms with Gasteiger partial charge in [0.15, 0.2) is 17.5 Å². The van der Waals surface area contributed by atoms with E-state index >= 15 is 0 Å². The molecular formula is C50H35N3. The van der Waals surface area contributed by atoms with Crippen LogP contribution in [0.4, 0.5) is 0 Å². The van der Waals surface area contributed by atoms with Crippen molar-refractivity contribution in [3.63, 3.8) is 0 Å². The first-order valence-corrected chi connectivity index (χ1v) is 18.2. The van der Waals surface area contributed by atoms with Crippen molar-refractivity contribution in [2.24, 2.45) is 0 Å². The minimum Gasteiger partial charge on any atom is -0.208 e. The number of fused-ring (bicyclic) bond motifs is 5. The Morgan fingerprint density at radius 3 is 1.60 bits per heavy atom. The van der Waals surface area contributed by atoms with E-state index < -0.39 is 0 Å². The topological polar surface area (TPSA) is 38.7 Å². The molecule has 0 amide bonds. The zero-order valence-electron chi connectivity index (χ0n) is 29.6. The van der Waals surface area contributed by atoms with E-state index in [-0.39, 0.29) is 5.41 Å². The molecule has 1 aromatic heterocycles. The Morgan fingerprint density at radius 1 is 0.340 bits per heavy atom. The first-order chi connectivity index (χ1) is 26.1. The number of rotatable bonds is 5. The maximum Gasteiger partial charge on any atom is 0.164 e. The van der Waals surface area contributed by atoms with Crippen molar-refractivity contribution in [1.82, 2.24) is 15.0 Å². The normalized spacial score (nSPS) is 12.9. The highest BCUT2D eigenvalue weighted by Crippen LogP contribution is 2.53. The average molecular weight is 678 g/mol. The summed E-state index contributed by atoms with van der Waals surface area (Å²) in [5.41, 5.74) is 13.0. The summed E-state index contributed by atoms with van der Waals surface area (Å²) < 4.78 is 0. The standard InChI is InChI=1S/C50H35N3/c1-50(2)43-28-12-11-24-41(43)46-39(26-15-29-44(46)50)38-30-31-40(37-23-10-9-22-36(37)38)48-51-47(34-18-7-4-8-19-34)52-49(53-48)42-27-14-21-33-20-13-25-35(45(33)42)32-16-5-3-6-17-32/h3-31H,1-2H3. The van der Waals surface area contributed by atoms with Crippen LogP contribution in [0.2, 0.25) is 0 Å². The third kappa shape index (κ3) is 5.00. The molecule has 0 aliphatic heterocycles. The highest BCUT2D eigenvalue weighted by molar-refractivity contribution is 6.08. The molecule has 250 valence electrons. The molecule has 3 heteroatoms. The second-order valence-electron chi connectivity index (χ2n) is 14.4.